The van der Waals surface area contributed by atoms with Gasteiger partial charge in [0.1, 0.15) is 5.54 Å². The molecule has 0 bridgehead atoms. The number of rotatable bonds is 4. The Morgan fingerprint density at radius 2 is 1.70 bits per heavy atom. The van der Waals surface area contributed by atoms with Crippen molar-refractivity contribution in [2.24, 2.45) is 0 Å². The lowest BCUT2D eigenvalue weighted by molar-refractivity contribution is -0.384. The molecule has 0 unspecified atom stereocenters. The number of benzene rings is 2. The topological polar surface area (TPSA) is 122 Å². The minimum atomic E-state index is -1.45. The molecular formula is C18H16N4O5. The summed E-state index contributed by atoms with van der Waals surface area (Å²) in [5.41, 5.74) is 2.33. The second-order valence-corrected chi connectivity index (χ2v) is 6.31. The molecule has 0 aliphatic carbocycles. The Bertz CT molecular complexity index is 939. The number of nitro benzene ring substituents is 1. The third-order valence-corrected chi connectivity index (χ3v) is 4.37. The first-order valence-corrected chi connectivity index (χ1v) is 8.01. The van der Waals surface area contributed by atoms with Crippen molar-refractivity contribution in [3.8, 4) is 0 Å². The molecule has 2 aromatic rings. The van der Waals surface area contributed by atoms with Gasteiger partial charge in [-0.25, -0.2) is 4.79 Å². The summed E-state index contributed by atoms with van der Waals surface area (Å²) in [6.07, 6.45) is 0. The van der Waals surface area contributed by atoms with Gasteiger partial charge < -0.3 is 5.32 Å². The van der Waals surface area contributed by atoms with Gasteiger partial charge in [0.15, 0.2) is 0 Å². The summed E-state index contributed by atoms with van der Waals surface area (Å²) < 4.78 is 0. The van der Waals surface area contributed by atoms with E-state index in [4.69, 9.17) is 0 Å². The van der Waals surface area contributed by atoms with Crippen LogP contribution in [-0.4, -0.2) is 27.8 Å². The van der Waals surface area contributed by atoms with Gasteiger partial charge in [0, 0.05) is 17.7 Å². The third-order valence-electron chi connectivity index (χ3n) is 4.37. The van der Waals surface area contributed by atoms with E-state index in [2.05, 4.69) is 10.7 Å². The molecule has 0 radical (unpaired) electrons. The summed E-state index contributed by atoms with van der Waals surface area (Å²) in [5, 5.41) is 13.9. The Hall–Kier alpha value is -3.75. The number of non-ortho nitro benzene ring substituents is 1. The fraction of sp³-hybridized carbons (Fsp3) is 0.167. The Morgan fingerprint density at radius 3 is 2.26 bits per heavy atom. The van der Waals surface area contributed by atoms with Crippen LogP contribution < -0.4 is 10.7 Å². The van der Waals surface area contributed by atoms with E-state index in [1.807, 2.05) is 6.92 Å². The van der Waals surface area contributed by atoms with Crippen LogP contribution in [0.1, 0.15) is 28.4 Å². The lowest BCUT2D eigenvalue weighted by Crippen LogP contribution is -2.47. The molecule has 2 N–H and O–H groups in total. The Labute approximate surface area is 154 Å². The van der Waals surface area contributed by atoms with E-state index >= 15 is 0 Å². The minimum Gasteiger partial charge on any atom is -0.318 e. The Kier molecular flexibility index (Phi) is 4.36. The molecule has 1 fully saturated rings. The summed E-state index contributed by atoms with van der Waals surface area (Å²) in [4.78, 5) is 47.5. The van der Waals surface area contributed by atoms with Gasteiger partial charge in [0.05, 0.1) is 4.92 Å². The van der Waals surface area contributed by atoms with Crippen LogP contribution in [0.5, 0.6) is 0 Å². The molecule has 0 spiro atoms. The molecule has 3 rings (SSSR count). The fourth-order valence-corrected chi connectivity index (χ4v) is 2.72. The molecule has 0 aromatic heterocycles. The highest BCUT2D eigenvalue weighted by Gasteiger charge is 2.50. The molecule has 1 aliphatic heterocycles. The van der Waals surface area contributed by atoms with Crippen molar-refractivity contribution in [3.05, 3.63) is 75.3 Å². The van der Waals surface area contributed by atoms with E-state index < -0.39 is 28.3 Å². The Morgan fingerprint density at radius 1 is 1.11 bits per heavy atom. The minimum absolute atomic E-state index is 0.136. The van der Waals surface area contributed by atoms with E-state index in [9.17, 15) is 24.5 Å². The molecule has 27 heavy (non-hydrogen) atoms. The smallest absolute Gasteiger partial charge is 0.318 e. The molecule has 1 atom stereocenters. The molecule has 9 nitrogen and oxygen atoms in total. The molecule has 1 aliphatic rings. The zero-order valence-electron chi connectivity index (χ0n) is 14.6. The van der Waals surface area contributed by atoms with Crippen LogP contribution in [0, 0.1) is 17.0 Å². The van der Waals surface area contributed by atoms with E-state index in [-0.39, 0.29) is 5.69 Å². The van der Waals surface area contributed by atoms with Gasteiger partial charge in [0.2, 0.25) is 0 Å². The van der Waals surface area contributed by atoms with Gasteiger partial charge in [-0.05, 0) is 43.7 Å². The van der Waals surface area contributed by atoms with Crippen molar-refractivity contribution in [2.75, 3.05) is 0 Å². The average Bonchev–Trinajstić information content (AvgIpc) is 2.86. The van der Waals surface area contributed by atoms with Crippen molar-refractivity contribution in [1.29, 1.82) is 0 Å². The van der Waals surface area contributed by atoms with Crippen LogP contribution in [0.2, 0.25) is 0 Å². The predicted octanol–water partition coefficient (Wildman–Crippen LogP) is 2.02. The fourth-order valence-electron chi connectivity index (χ4n) is 2.72. The first kappa shape index (κ1) is 18.1. The van der Waals surface area contributed by atoms with Gasteiger partial charge >= 0.3 is 6.03 Å². The molecule has 4 amide bonds. The number of amides is 4. The molecule has 9 heteroatoms. The number of nitrogens with zero attached hydrogens (tertiary/aromatic N) is 2. The molecule has 2 aromatic carbocycles. The average molecular weight is 368 g/mol. The van der Waals surface area contributed by atoms with Crippen LogP contribution in [0.15, 0.2) is 48.5 Å². The third kappa shape index (κ3) is 3.22. The van der Waals surface area contributed by atoms with Gasteiger partial charge in [0.25, 0.3) is 17.5 Å². The van der Waals surface area contributed by atoms with Gasteiger partial charge in [-0.15, -0.1) is 0 Å². The van der Waals surface area contributed by atoms with E-state index in [0.717, 1.165) is 5.56 Å². The van der Waals surface area contributed by atoms with Gasteiger partial charge in [-0.2, -0.15) is 5.01 Å². The standard InChI is InChI=1S/C18H16N4O5/c1-11-3-5-12(6-4-11)15(23)20-21-16(24)18(2,19-17(21)25)13-7-9-14(10-8-13)22(26)27/h3-10H,1-2H3,(H,19,25)(H,20,23)/t18-/m0/s1. The number of carbonyl (C=O) groups excluding carboxylic acids is 3. The SMILES string of the molecule is Cc1ccc(C(=O)NN2C(=O)N[C@@](C)(c3ccc([N+](=O)[O-])cc3)C2=O)cc1. The van der Waals surface area contributed by atoms with Crippen LogP contribution in [0.4, 0.5) is 10.5 Å². The monoisotopic (exact) mass is 368 g/mol. The molecule has 1 saturated heterocycles. The van der Waals surface area contributed by atoms with E-state index in [1.54, 1.807) is 24.3 Å². The van der Waals surface area contributed by atoms with Crippen LogP contribution in [0.3, 0.4) is 0 Å². The number of urea groups is 1. The number of hydrogen-bond donors (Lipinski definition) is 2. The summed E-state index contributed by atoms with van der Waals surface area (Å²) in [6, 6.07) is 11.1. The van der Waals surface area contributed by atoms with E-state index in [0.29, 0.717) is 16.1 Å². The number of carbonyl (C=O) groups is 3. The normalized spacial score (nSPS) is 19.0. The number of hydrazine groups is 1. The van der Waals surface area contributed by atoms with Crippen LogP contribution in [-0.2, 0) is 10.3 Å². The van der Waals surface area contributed by atoms with Crippen molar-refractivity contribution in [2.45, 2.75) is 19.4 Å². The second kappa shape index (κ2) is 6.52. The summed E-state index contributed by atoms with van der Waals surface area (Å²) in [6.45, 7) is 3.33. The molecule has 1 heterocycles. The van der Waals surface area contributed by atoms with Crippen LogP contribution in [0.25, 0.3) is 0 Å². The zero-order chi connectivity index (χ0) is 19.8. The van der Waals surface area contributed by atoms with Crippen LogP contribution >= 0.6 is 0 Å². The van der Waals surface area contributed by atoms with Gasteiger partial charge in [-0.3, -0.25) is 25.1 Å². The first-order chi connectivity index (χ1) is 12.7. The summed E-state index contributed by atoms with van der Waals surface area (Å²) in [7, 11) is 0. The lowest BCUT2D eigenvalue weighted by Gasteiger charge is -2.22. The summed E-state index contributed by atoms with van der Waals surface area (Å²) >= 11 is 0. The highest BCUT2D eigenvalue weighted by atomic mass is 16.6. The zero-order valence-corrected chi connectivity index (χ0v) is 14.6. The maximum atomic E-state index is 12.8. The van der Waals surface area contributed by atoms with Crippen molar-refractivity contribution >= 4 is 23.5 Å². The van der Waals surface area contributed by atoms with Crippen molar-refractivity contribution in [1.82, 2.24) is 15.8 Å². The quantitative estimate of drug-likeness (QED) is 0.486. The molecule has 0 saturated carbocycles. The number of aryl methyl sites for hydroxylation is 1. The maximum Gasteiger partial charge on any atom is 0.344 e. The van der Waals surface area contributed by atoms with E-state index in [1.165, 1.54) is 31.2 Å². The second-order valence-electron chi connectivity index (χ2n) is 6.31. The van der Waals surface area contributed by atoms with Crippen molar-refractivity contribution in [3.63, 3.8) is 0 Å². The predicted molar refractivity (Wildman–Crippen MR) is 94.5 cm³/mol. The first-order valence-electron chi connectivity index (χ1n) is 8.01. The number of hydrogen-bond acceptors (Lipinski definition) is 5. The molecule has 138 valence electrons. The van der Waals surface area contributed by atoms with Crippen molar-refractivity contribution < 1.29 is 19.3 Å². The maximum absolute atomic E-state index is 12.8. The highest BCUT2D eigenvalue weighted by molar-refractivity contribution is 6.09. The van der Waals surface area contributed by atoms with Gasteiger partial charge in [-0.1, -0.05) is 17.7 Å². The number of imide groups is 1. The number of nitrogens with one attached hydrogen (secondary N) is 2. The highest BCUT2D eigenvalue weighted by Crippen LogP contribution is 2.29. The number of nitro groups is 1. The largest absolute Gasteiger partial charge is 0.344 e. The molecular weight excluding hydrogens is 352 g/mol. The lowest BCUT2D eigenvalue weighted by atomic mass is 9.92. The Balaban J connectivity index is 1.82. The summed E-state index contributed by atoms with van der Waals surface area (Å²) in [5.74, 6) is -1.30.